The van der Waals surface area contributed by atoms with Gasteiger partial charge >= 0.3 is 0 Å². The van der Waals surface area contributed by atoms with Gasteiger partial charge in [-0.15, -0.1) is 0 Å². The highest BCUT2D eigenvalue weighted by molar-refractivity contribution is 6.18. The van der Waals surface area contributed by atoms with Gasteiger partial charge in [-0.25, -0.2) is 9.98 Å². The number of aliphatic imine (C=N–C) groups is 2. The van der Waals surface area contributed by atoms with Crippen LogP contribution < -0.4 is 0 Å². The number of allylic oxidation sites excluding steroid dienone is 6. The Balaban J connectivity index is 1.28. The van der Waals surface area contributed by atoms with E-state index >= 15 is 0 Å². The maximum absolute atomic E-state index is 6.81. The molecule has 244 valence electrons. The third kappa shape index (κ3) is 6.04. The summed E-state index contributed by atoms with van der Waals surface area (Å²) in [6, 6.07) is 48.6. The van der Waals surface area contributed by atoms with E-state index in [1.165, 1.54) is 21.9 Å². The van der Waals surface area contributed by atoms with Crippen LogP contribution in [-0.2, 0) is 0 Å². The fourth-order valence-electron chi connectivity index (χ4n) is 6.74. The fraction of sp³-hybridized carbons (Fsp3) is 0.0213. The molecular formula is C47H35N3O. The molecular weight excluding hydrogens is 623 g/mol. The van der Waals surface area contributed by atoms with Gasteiger partial charge in [0.2, 0.25) is 0 Å². The van der Waals surface area contributed by atoms with E-state index in [0.29, 0.717) is 5.84 Å². The van der Waals surface area contributed by atoms with Crippen molar-refractivity contribution in [3.63, 3.8) is 0 Å². The average molecular weight is 658 g/mol. The van der Waals surface area contributed by atoms with Crippen LogP contribution >= 0.6 is 0 Å². The van der Waals surface area contributed by atoms with Crippen molar-refractivity contribution in [2.24, 2.45) is 9.98 Å². The third-order valence-electron chi connectivity index (χ3n) is 9.09. The Morgan fingerprint density at radius 1 is 0.627 bits per heavy atom. The van der Waals surface area contributed by atoms with Crippen molar-refractivity contribution in [3.8, 4) is 16.8 Å². The van der Waals surface area contributed by atoms with Crippen molar-refractivity contribution in [1.82, 2.24) is 4.57 Å². The van der Waals surface area contributed by atoms with Crippen molar-refractivity contribution in [2.75, 3.05) is 0 Å². The van der Waals surface area contributed by atoms with Crippen LogP contribution in [0.3, 0.4) is 0 Å². The molecule has 0 aliphatic rings. The smallest absolute Gasteiger partial charge is 0.159 e. The molecule has 4 heteroatoms. The first-order valence-corrected chi connectivity index (χ1v) is 17.0. The molecule has 0 unspecified atom stereocenters. The van der Waals surface area contributed by atoms with Gasteiger partial charge in [0.15, 0.2) is 11.4 Å². The maximum Gasteiger partial charge on any atom is 0.159 e. The summed E-state index contributed by atoms with van der Waals surface area (Å²) >= 11 is 0. The van der Waals surface area contributed by atoms with E-state index in [2.05, 4.69) is 132 Å². The van der Waals surface area contributed by atoms with E-state index in [4.69, 9.17) is 14.4 Å². The zero-order chi connectivity index (χ0) is 34.6. The summed E-state index contributed by atoms with van der Waals surface area (Å²) in [4.78, 5) is 9.81. The summed E-state index contributed by atoms with van der Waals surface area (Å²) in [6.07, 6.45) is 13.1. The van der Waals surface area contributed by atoms with Crippen LogP contribution in [0.15, 0.2) is 203 Å². The number of para-hydroxylation sites is 2. The monoisotopic (exact) mass is 657 g/mol. The summed E-state index contributed by atoms with van der Waals surface area (Å²) in [7, 11) is 0. The minimum Gasteiger partial charge on any atom is -0.454 e. The SMILES string of the molecule is C=C/C=C/C=C\C=C/N=C(\N=C(/C)c1ccccc1)c1ccc2c(c1)oc1c(-n3c4ccccc4c4c(-c5ccccc5)cccc43)cccc12. The summed E-state index contributed by atoms with van der Waals surface area (Å²) in [6.45, 7) is 5.72. The predicted molar refractivity (Wildman–Crippen MR) is 216 cm³/mol. The molecule has 6 aromatic carbocycles. The molecule has 0 fully saturated rings. The van der Waals surface area contributed by atoms with E-state index < -0.39 is 0 Å². The highest BCUT2D eigenvalue weighted by Crippen LogP contribution is 2.41. The zero-order valence-corrected chi connectivity index (χ0v) is 28.3. The van der Waals surface area contributed by atoms with Crippen LogP contribution in [0, 0.1) is 0 Å². The second kappa shape index (κ2) is 14.0. The van der Waals surface area contributed by atoms with Crippen molar-refractivity contribution in [1.29, 1.82) is 0 Å². The van der Waals surface area contributed by atoms with E-state index in [1.54, 1.807) is 12.3 Å². The number of benzene rings is 6. The minimum absolute atomic E-state index is 0.598. The summed E-state index contributed by atoms with van der Waals surface area (Å²) in [5.41, 5.74) is 10.0. The lowest BCUT2D eigenvalue weighted by Gasteiger charge is -2.09. The van der Waals surface area contributed by atoms with Gasteiger partial charge < -0.3 is 8.98 Å². The molecule has 0 N–H and O–H groups in total. The van der Waals surface area contributed by atoms with Crippen molar-refractivity contribution in [2.45, 2.75) is 6.92 Å². The minimum atomic E-state index is 0.598. The van der Waals surface area contributed by atoms with Crippen molar-refractivity contribution >= 4 is 55.3 Å². The number of aromatic nitrogens is 1. The van der Waals surface area contributed by atoms with Gasteiger partial charge in [-0.1, -0.05) is 146 Å². The Bertz CT molecular complexity index is 2700. The van der Waals surface area contributed by atoms with E-state index in [0.717, 1.165) is 55.5 Å². The molecule has 0 saturated carbocycles. The lowest BCUT2D eigenvalue weighted by molar-refractivity contribution is 0.666. The Morgan fingerprint density at radius 2 is 1.33 bits per heavy atom. The van der Waals surface area contributed by atoms with Crippen LogP contribution in [0.4, 0.5) is 0 Å². The predicted octanol–water partition coefficient (Wildman–Crippen LogP) is 12.4. The quantitative estimate of drug-likeness (QED) is 0.0911. The van der Waals surface area contributed by atoms with Crippen LogP contribution in [0.1, 0.15) is 18.1 Å². The summed E-state index contributed by atoms with van der Waals surface area (Å²) in [5, 5.41) is 4.52. The lowest BCUT2D eigenvalue weighted by atomic mass is 9.99. The Labute approximate surface area is 297 Å². The van der Waals surface area contributed by atoms with Crippen LogP contribution in [-0.4, -0.2) is 16.1 Å². The van der Waals surface area contributed by atoms with Crippen molar-refractivity contribution in [3.05, 3.63) is 200 Å². The standard InChI is InChI=1S/C47H35N3O/c1-3-4-5-6-7-16-31-48-47(49-33(2)34-19-10-8-11-20-34)36-29-30-38-39-25-18-28-43(46(39)51-44(38)32-36)50-41-26-15-14-23-40(41)45-37(24-17-27-42(45)50)35-21-12-9-13-22-35/h3-32H,1H2,2H3/b5-4+,7-6-,31-16-,48-47-,49-33+. The molecule has 0 saturated heterocycles. The average Bonchev–Trinajstić information content (AvgIpc) is 3.73. The number of nitrogens with zero attached hydrogens (tertiary/aromatic N) is 3. The van der Waals surface area contributed by atoms with Crippen LogP contribution in [0.2, 0.25) is 0 Å². The largest absolute Gasteiger partial charge is 0.454 e. The number of hydrogen-bond acceptors (Lipinski definition) is 2. The first kappa shape index (κ1) is 31.5. The van der Waals surface area contributed by atoms with Gasteiger partial charge in [0.1, 0.15) is 5.58 Å². The summed E-state index contributed by atoms with van der Waals surface area (Å²) < 4.78 is 9.15. The molecule has 0 atom stereocenters. The third-order valence-corrected chi connectivity index (χ3v) is 9.09. The number of amidine groups is 1. The number of rotatable bonds is 8. The van der Waals surface area contributed by atoms with Gasteiger partial charge in [-0.2, -0.15) is 0 Å². The molecule has 0 spiro atoms. The van der Waals surface area contributed by atoms with Crippen LogP contribution in [0.5, 0.6) is 0 Å². The Morgan fingerprint density at radius 3 is 2.18 bits per heavy atom. The highest BCUT2D eigenvalue weighted by Gasteiger charge is 2.20. The molecule has 51 heavy (non-hydrogen) atoms. The van der Waals surface area contributed by atoms with Gasteiger partial charge in [0, 0.05) is 39.0 Å². The molecule has 0 amide bonds. The molecule has 2 aromatic heterocycles. The molecule has 0 bridgehead atoms. The molecule has 8 aromatic rings. The molecule has 0 aliphatic heterocycles. The van der Waals surface area contributed by atoms with Gasteiger partial charge in [-0.3, -0.25) is 0 Å². The fourth-order valence-corrected chi connectivity index (χ4v) is 6.74. The first-order valence-electron chi connectivity index (χ1n) is 17.0. The van der Waals surface area contributed by atoms with Gasteiger partial charge in [-0.05, 0) is 60.0 Å². The highest BCUT2D eigenvalue weighted by atomic mass is 16.3. The molecule has 4 nitrogen and oxygen atoms in total. The Kier molecular flexibility index (Phi) is 8.63. The van der Waals surface area contributed by atoms with Crippen LogP contribution in [0.25, 0.3) is 60.6 Å². The van der Waals surface area contributed by atoms with Gasteiger partial charge in [0.05, 0.1) is 16.7 Å². The molecule has 8 rings (SSSR count). The topological polar surface area (TPSA) is 42.8 Å². The second-order valence-corrected chi connectivity index (χ2v) is 12.2. The van der Waals surface area contributed by atoms with E-state index in [1.807, 2.05) is 55.5 Å². The number of furan rings is 1. The van der Waals surface area contributed by atoms with E-state index in [-0.39, 0.29) is 0 Å². The maximum atomic E-state index is 6.81. The molecule has 2 heterocycles. The molecule has 0 aliphatic carbocycles. The van der Waals surface area contributed by atoms with Gasteiger partial charge in [0.25, 0.3) is 0 Å². The molecule has 0 radical (unpaired) electrons. The number of fused-ring (bicyclic) bond motifs is 6. The first-order chi connectivity index (χ1) is 25.2. The Hall–Kier alpha value is -6.78. The second-order valence-electron chi connectivity index (χ2n) is 12.2. The lowest BCUT2D eigenvalue weighted by Crippen LogP contribution is -2.03. The zero-order valence-electron chi connectivity index (χ0n) is 28.3. The van der Waals surface area contributed by atoms with Crippen molar-refractivity contribution < 1.29 is 4.42 Å². The summed E-state index contributed by atoms with van der Waals surface area (Å²) in [5.74, 6) is 0.598. The van der Waals surface area contributed by atoms with E-state index in [9.17, 15) is 0 Å². The number of hydrogen-bond donors (Lipinski definition) is 0. The normalized spacial score (nSPS) is 12.9.